The lowest BCUT2D eigenvalue weighted by Gasteiger charge is -2.22. The number of dihydropyridines is 1. The van der Waals surface area contributed by atoms with E-state index >= 15 is 0 Å². The molecule has 1 heterocycles. The van der Waals surface area contributed by atoms with Crippen LogP contribution in [-0.4, -0.2) is 6.18 Å². The summed E-state index contributed by atoms with van der Waals surface area (Å²) in [7, 11) is 0. The van der Waals surface area contributed by atoms with Crippen LogP contribution in [0.3, 0.4) is 0 Å². The maximum Gasteiger partial charge on any atom is 0.416 e. The van der Waals surface area contributed by atoms with Crippen LogP contribution in [0.25, 0.3) is 0 Å². The molecule has 1 aliphatic rings. The largest absolute Gasteiger partial charge is 0.416 e. The highest BCUT2D eigenvalue weighted by molar-refractivity contribution is 5.44. The molecule has 0 aromatic heterocycles. The Morgan fingerprint density at radius 1 is 1.36 bits per heavy atom. The minimum atomic E-state index is -4.30. The first-order valence-corrected chi connectivity index (χ1v) is 4.27. The summed E-state index contributed by atoms with van der Waals surface area (Å²) in [6.07, 6.45) is -1.90. The van der Waals surface area contributed by atoms with E-state index in [1.54, 1.807) is 13.8 Å². The van der Waals surface area contributed by atoms with Crippen molar-refractivity contribution in [3.8, 4) is 0 Å². The predicted molar refractivity (Wildman–Crippen MR) is 49.3 cm³/mol. The molecule has 78 valence electrons. The van der Waals surface area contributed by atoms with E-state index in [9.17, 15) is 13.2 Å². The quantitative estimate of drug-likeness (QED) is 0.690. The molecule has 1 nitrogen and oxygen atoms in total. The normalized spacial score (nSPS) is 17.7. The maximum atomic E-state index is 12.5. The smallest absolute Gasteiger partial charge is 0.362 e. The Morgan fingerprint density at radius 2 is 1.93 bits per heavy atom. The zero-order valence-electron chi connectivity index (χ0n) is 8.07. The summed E-state index contributed by atoms with van der Waals surface area (Å²) >= 11 is 0. The lowest BCUT2D eigenvalue weighted by atomic mass is 9.93. The van der Waals surface area contributed by atoms with Crippen molar-refractivity contribution in [1.82, 2.24) is 5.32 Å². The fourth-order valence-corrected chi connectivity index (χ4v) is 1.27. The Labute approximate surface area is 81.0 Å². The molecule has 0 unspecified atom stereocenters. The number of hydrogen-bond acceptors (Lipinski definition) is 1. The van der Waals surface area contributed by atoms with Gasteiger partial charge in [0.2, 0.25) is 0 Å². The van der Waals surface area contributed by atoms with Gasteiger partial charge < -0.3 is 5.32 Å². The molecule has 0 amide bonds. The summed E-state index contributed by atoms with van der Waals surface area (Å²) in [6, 6.07) is 0. The van der Waals surface area contributed by atoms with Crippen molar-refractivity contribution in [2.24, 2.45) is 5.92 Å². The monoisotopic (exact) mass is 203 g/mol. The number of rotatable bonds is 1. The number of alkyl halides is 3. The fourth-order valence-electron chi connectivity index (χ4n) is 1.27. The van der Waals surface area contributed by atoms with Gasteiger partial charge in [0.15, 0.2) is 0 Å². The summed E-state index contributed by atoms with van der Waals surface area (Å²) in [5.74, 6) is -0.163. The summed E-state index contributed by atoms with van der Waals surface area (Å²) < 4.78 is 37.6. The van der Waals surface area contributed by atoms with E-state index in [4.69, 9.17) is 0 Å². The third-order valence-electron chi connectivity index (χ3n) is 1.97. The Bertz CT molecular complexity index is 308. The van der Waals surface area contributed by atoms with E-state index in [0.717, 1.165) is 6.08 Å². The average molecular weight is 203 g/mol. The van der Waals surface area contributed by atoms with Crippen molar-refractivity contribution in [2.45, 2.75) is 20.0 Å². The predicted octanol–water partition coefficient (Wildman–Crippen LogP) is 3.13. The summed E-state index contributed by atoms with van der Waals surface area (Å²) in [6.45, 7) is 6.89. The van der Waals surface area contributed by atoms with Crippen molar-refractivity contribution < 1.29 is 13.2 Å². The van der Waals surface area contributed by atoms with E-state index in [1.165, 1.54) is 6.20 Å². The van der Waals surface area contributed by atoms with Crippen LogP contribution in [-0.2, 0) is 0 Å². The molecule has 0 bridgehead atoms. The molecule has 0 atom stereocenters. The van der Waals surface area contributed by atoms with Gasteiger partial charge in [0, 0.05) is 11.9 Å². The van der Waals surface area contributed by atoms with Gasteiger partial charge in [-0.15, -0.1) is 0 Å². The van der Waals surface area contributed by atoms with Crippen molar-refractivity contribution in [3.63, 3.8) is 0 Å². The van der Waals surface area contributed by atoms with Crippen molar-refractivity contribution in [3.05, 3.63) is 35.7 Å². The molecule has 1 aliphatic heterocycles. The number of nitrogens with one attached hydrogen (secondary N) is 1. The highest BCUT2D eigenvalue weighted by Gasteiger charge is 2.37. The van der Waals surface area contributed by atoms with E-state index < -0.39 is 11.7 Å². The molecule has 14 heavy (non-hydrogen) atoms. The van der Waals surface area contributed by atoms with Crippen LogP contribution in [0.5, 0.6) is 0 Å². The third-order valence-corrected chi connectivity index (χ3v) is 1.97. The van der Waals surface area contributed by atoms with Gasteiger partial charge in [-0.05, 0) is 17.6 Å². The third kappa shape index (κ3) is 2.19. The Morgan fingerprint density at radius 3 is 2.36 bits per heavy atom. The second-order valence-electron chi connectivity index (χ2n) is 3.48. The molecule has 0 saturated heterocycles. The summed E-state index contributed by atoms with van der Waals surface area (Å²) in [5.41, 5.74) is -0.0668. The van der Waals surface area contributed by atoms with Crippen LogP contribution in [0, 0.1) is 5.92 Å². The fraction of sp³-hybridized carbons (Fsp3) is 0.400. The molecule has 0 saturated carbocycles. The number of hydrogen-bond donors (Lipinski definition) is 1. The van der Waals surface area contributed by atoms with Gasteiger partial charge in [0.25, 0.3) is 0 Å². The molecule has 0 aromatic carbocycles. The Balaban J connectivity index is 3.09. The van der Waals surface area contributed by atoms with Gasteiger partial charge in [-0.2, -0.15) is 13.2 Å². The highest BCUT2D eigenvalue weighted by atomic mass is 19.4. The number of allylic oxidation sites excluding steroid dienone is 3. The van der Waals surface area contributed by atoms with Crippen LogP contribution in [0.2, 0.25) is 0 Å². The van der Waals surface area contributed by atoms with E-state index in [1.807, 2.05) is 0 Å². The molecular formula is C10H12F3N. The second-order valence-corrected chi connectivity index (χ2v) is 3.48. The zero-order valence-corrected chi connectivity index (χ0v) is 8.07. The summed E-state index contributed by atoms with van der Waals surface area (Å²) in [4.78, 5) is 0. The summed E-state index contributed by atoms with van der Waals surface area (Å²) in [5, 5.41) is 2.68. The molecular weight excluding hydrogens is 191 g/mol. The van der Waals surface area contributed by atoms with E-state index in [2.05, 4.69) is 11.9 Å². The van der Waals surface area contributed by atoms with Gasteiger partial charge in [0.05, 0.1) is 5.57 Å². The maximum absolute atomic E-state index is 12.5. The van der Waals surface area contributed by atoms with Gasteiger partial charge in [-0.1, -0.05) is 20.4 Å². The standard InChI is InChI=1S/C10H12F3N/c1-6(2)8-5-14-7(3)4-9(8)10(11,12)13/h4-6,14H,3H2,1-2H3. The van der Waals surface area contributed by atoms with E-state index in [0.29, 0.717) is 0 Å². The molecule has 0 aliphatic carbocycles. The van der Waals surface area contributed by atoms with Gasteiger partial charge in [-0.25, -0.2) is 0 Å². The lowest BCUT2D eigenvalue weighted by Crippen LogP contribution is -2.22. The molecule has 0 aromatic rings. The first-order chi connectivity index (χ1) is 6.32. The molecule has 1 rings (SSSR count). The van der Waals surface area contributed by atoms with Crippen LogP contribution >= 0.6 is 0 Å². The lowest BCUT2D eigenvalue weighted by molar-refractivity contribution is -0.0902. The minimum absolute atomic E-state index is 0.163. The van der Waals surface area contributed by atoms with E-state index in [-0.39, 0.29) is 17.2 Å². The van der Waals surface area contributed by atoms with Gasteiger partial charge in [0.1, 0.15) is 0 Å². The van der Waals surface area contributed by atoms with Crippen molar-refractivity contribution in [1.29, 1.82) is 0 Å². The van der Waals surface area contributed by atoms with Crippen LogP contribution < -0.4 is 5.32 Å². The first-order valence-electron chi connectivity index (χ1n) is 4.27. The second kappa shape index (κ2) is 3.52. The molecule has 0 radical (unpaired) electrons. The number of halogens is 3. The average Bonchev–Trinajstić information content (AvgIpc) is 2.01. The Hall–Kier alpha value is -1.19. The topological polar surface area (TPSA) is 12.0 Å². The first kappa shape index (κ1) is 10.9. The van der Waals surface area contributed by atoms with Gasteiger partial charge in [-0.3, -0.25) is 0 Å². The van der Waals surface area contributed by atoms with Gasteiger partial charge >= 0.3 is 6.18 Å². The SMILES string of the molecule is C=C1C=C(C(F)(F)F)C(C(C)C)=CN1. The van der Waals surface area contributed by atoms with Crippen LogP contribution in [0.15, 0.2) is 35.7 Å². The van der Waals surface area contributed by atoms with Crippen molar-refractivity contribution >= 4 is 0 Å². The molecule has 0 spiro atoms. The minimum Gasteiger partial charge on any atom is -0.362 e. The Kier molecular flexibility index (Phi) is 2.73. The van der Waals surface area contributed by atoms with Crippen LogP contribution in [0.4, 0.5) is 13.2 Å². The molecule has 4 heteroatoms. The zero-order chi connectivity index (χ0) is 10.9. The van der Waals surface area contributed by atoms with Crippen molar-refractivity contribution in [2.75, 3.05) is 0 Å². The molecule has 0 fully saturated rings. The highest BCUT2D eigenvalue weighted by Crippen LogP contribution is 2.36. The van der Waals surface area contributed by atoms with Crippen LogP contribution in [0.1, 0.15) is 13.8 Å². The molecule has 1 N–H and O–H groups in total.